The number of halogens is 1. The Hall–Kier alpha value is -3.92. The molecule has 1 saturated heterocycles. The minimum absolute atomic E-state index is 0.0221. The van der Waals surface area contributed by atoms with E-state index in [4.69, 9.17) is 9.47 Å². The molecule has 0 aliphatic carbocycles. The van der Waals surface area contributed by atoms with Crippen LogP contribution in [-0.2, 0) is 6.61 Å². The Morgan fingerprint density at radius 1 is 1.11 bits per heavy atom. The lowest BCUT2D eigenvalue weighted by Gasteiger charge is -2.17. The van der Waals surface area contributed by atoms with Gasteiger partial charge in [0.15, 0.2) is 11.5 Å². The molecule has 0 atom stereocenters. The van der Waals surface area contributed by atoms with Crippen LogP contribution in [0.4, 0.5) is 11.4 Å². The molecule has 186 valence electrons. The molecule has 9 nitrogen and oxygen atoms in total. The Morgan fingerprint density at radius 2 is 1.81 bits per heavy atom. The van der Waals surface area contributed by atoms with Gasteiger partial charge in [-0.15, -0.1) is 0 Å². The third-order valence-corrected chi connectivity index (χ3v) is 6.48. The molecule has 10 heteroatoms. The number of nitrogens with one attached hydrogen (secondary N) is 1. The summed E-state index contributed by atoms with van der Waals surface area (Å²) in [5.41, 5.74) is 5.69. The third kappa shape index (κ3) is 6.19. The van der Waals surface area contributed by atoms with Gasteiger partial charge in [0, 0.05) is 46.5 Å². The van der Waals surface area contributed by atoms with Crippen molar-refractivity contribution in [3.63, 3.8) is 0 Å². The van der Waals surface area contributed by atoms with Gasteiger partial charge in [0.1, 0.15) is 6.61 Å². The summed E-state index contributed by atoms with van der Waals surface area (Å²) in [6.45, 7) is 2.31. The lowest BCUT2D eigenvalue weighted by atomic mass is 10.2. The fraction of sp³-hybridized carbons (Fsp3) is 0.231. The highest BCUT2D eigenvalue weighted by atomic mass is 79.9. The topological polar surface area (TPSA) is 106 Å². The molecular weight excluding hydrogens is 528 g/mol. The second-order valence-electron chi connectivity index (χ2n) is 8.18. The van der Waals surface area contributed by atoms with Crippen molar-refractivity contribution in [2.75, 3.05) is 25.1 Å². The van der Waals surface area contributed by atoms with Gasteiger partial charge < -0.3 is 14.4 Å². The van der Waals surface area contributed by atoms with Crippen LogP contribution in [0.15, 0.2) is 70.2 Å². The number of hydrazone groups is 1. The number of rotatable bonds is 9. The highest BCUT2D eigenvalue weighted by Crippen LogP contribution is 2.33. The number of hydrogen-bond acceptors (Lipinski definition) is 7. The zero-order valence-corrected chi connectivity index (χ0v) is 21.2. The van der Waals surface area contributed by atoms with E-state index in [1.165, 1.54) is 38.3 Å². The summed E-state index contributed by atoms with van der Waals surface area (Å²) in [7, 11) is 1.52. The molecule has 0 unspecified atom stereocenters. The van der Waals surface area contributed by atoms with Crippen LogP contribution in [0.3, 0.4) is 0 Å². The lowest BCUT2D eigenvalue weighted by Crippen LogP contribution is -2.19. The normalized spacial score (nSPS) is 13.1. The van der Waals surface area contributed by atoms with E-state index in [-0.39, 0.29) is 18.2 Å². The predicted octanol–water partition coefficient (Wildman–Crippen LogP) is 5.31. The number of nitro groups is 1. The van der Waals surface area contributed by atoms with Crippen molar-refractivity contribution in [3.05, 3.63) is 91.9 Å². The van der Waals surface area contributed by atoms with Crippen molar-refractivity contribution in [3.8, 4) is 11.5 Å². The molecule has 3 aromatic carbocycles. The molecule has 1 N–H and O–H groups in total. The number of nitro benzene ring substituents is 1. The van der Waals surface area contributed by atoms with Gasteiger partial charge in [0.05, 0.1) is 18.2 Å². The van der Waals surface area contributed by atoms with Crippen LogP contribution in [0, 0.1) is 10.1 Å². The summed E-state index contributed by atoms with van der Waals surface area (Å²) in [5, 5.41) is 14.9. The summed E-state index contributed by atoms with van der Waals surface area (Å²) in [6, 6.07) is 17.1. The molecule has 1 amide bonds. The minimum atomic E-state index is -0.446. The van der Waals surface area contributed by atoms with Gasteiger partial charge >= 0.3 is 0 Å². The number of carbonyl (C=O) groups is 1. The van der Waals surface area contributed by atoms with E-state index in [0.29, 0.717) is 27.1 Å². The van der Waals surface area contributed by atoms with Crippen LogP contribution in [0.25, 0.3) is 0 Å². The summed E-state index contributed by atoms with van der Waals surface area (Å²) >= 11 is 3.50. The van der Waals surface area contributed by atoms with Gasteiger partial charge in [-0.05, 0) is 82.9 Å². The fourth-order valence-electron chi connectivity index (χ4n) is 3.82. The predicted molar refractivity (Wildman–Crippen MR) is 141 cm³/mol. The molecule has 1 aliphatic rings. The highest BCUT2D eigenvalue weighted by molar-refractivity contribution is 9.10. The zero-order chi connectivity index (χ0) is 25.5. The zero-order valence-electron chi connectivity index (χ0n) is 19.6. The fourth-order valence-corrected chi connectivity index (χ4v) is 4.25. The summed E-state index contributed by atoms with van der Waals surface area (Å²) in [5.74, 6) is 0.665. The Labute approximate surface area is 217 Å². The van der Waals surface area contributed by atoms with Crippen LogP contribution in [0.1, 0.15) is 34.3 Å². The Bertz CT molecular complexity index is 1260. The first-order valence-electron chi connectivity index (χ1n) is 11.4. The second-order valence-corrected chi connectivity index (χ2v) is 9.03. The average Bonchev–Trinajstić information content (AvgIpc) is 3.44. The largest absolute Gasteiger partial charge is 0.493 e. The quantitative estimate of drug-likeness (QED) is 0.219. The molecule has 0 spiro atoms. The van der Waals surface area contributed by atoms with Gasteiger partial charge in [-0.25, -0.2) is 5.43 Å². The third-order valence-electron chi connectivity index (χ3n) is 5.79. The molecule has 4 rings (SSSR count). The van der Waals surface area contributed by atoms with E-state index in [1.807, 2.05) is 12.1 Å². The summed E-state index contributed by atoms with van der Waals surface area (Å²) in [6.07, 6.45) is 3.91. The van der Waals surface area contributed by atoms with E-state index in [9.17, 15) is 14.9 Å². The van der Waals surface area contributed by atoms with Crippen molar-refractivity contribution < 1.29 is 19.2 Å². The maximum absolute atomic E-state index is 12.5. The molecule has 3 aromatic rings. The number of nitrogens with zero attached hydrogens (tertiary/aromatic N) is 3. The van der Waals surface area contributed by atoms with Gasteiger partial charge in [0.2, 0.25) is 0 Å². The van der Waals surface area contributed by atoms with Gasteiger partial charge in [-0.1, -0.05) is 0 Å². The summed E-state index contributed by atoms with van der Waals surface area (Å²) < 4.78 is 12.0. The van der Waals surface area contributed by atoms with Crippen LogP contribution < -0.4 is 19.8 Å². The molecule has 1 fully saturated rings. The van der Waals surface area contributed by atoms with Crippen LogP contribution in [0.2, 0.25) is 0 Å². The van der Waals surface area contributed by atoms with Crippen LogP contribution in [-0.4, -0.2) is 37.2 Å². The first-order valence-corrected chi connectivity index (χ1v) is 12.2. The number of hydrogen-bond donors (Lipinski definition) is 1. The van der Waals surface area contributed by atoms with E-state index < -0.39 is 4.92 Å². The van der Waals surface area contributed by atoms with E-state index in [0.717, 1.165) is 24.3 Å². The molecule has 0 bridgehead atoms. The van der Waals surface area contributed by atoms with E-state index >= 15 is 0 Å². The molecule has 1 heterocycles. The molecule has 0 saturated carbocycles. The van der Waals surface area contributed by atoms with Crippen LogP contribution >= 0.6 is 15.9 Å². The first-order chi connectivity index (χ1) is 17.4. The number of amides is 1. The standard InChI is InChI=1S/C26H25BrN4O5/c1-35-24-14-20(23(27)15-25(24)36-17-18-4-8-22(9-5-18)31(33)34)16-28-29-26(32)19-6-10-21(11-7-19)30-12-2-3-13-30/h4-11,14-16H,2-3,12-13,17H2,1H3,(H,29,32)/b28-16-. The van der Waals surface area contributed by atoms with E-state index in [2.05, 4.69) is 31.4 Å². The minimum Gasteiger partial charge on any atom is -0.493 e. The Balaban J connectivity index is 1.37. The van der Waals surface area contributed by atoms with Gasteiger partial charge in [-0.2, -0.15) is 5.10 Å². The molecule has 36 heavy (non-hydrogen) atoms. The SMILES string of the molecule is COc1cc(/C=N\NC(=O)c2ccc(N3CCCC3)cc2)c(Br)cc1OCc1ccc([N+](=O)[O-])cc1. The smallest absolute Gasteiger partial charge is 0.271 e. The monoisotopic (exact) mass is 552 g/mol. The van der Waals surface area contributed by atoms with E-state index in [1.54, 1.807) is 36.4 Å². The first kappa shape index (κ1) is 25.2. The van der Waals surface area contributed by atoms with Crippen molar-refractivity contribution in [1.82, 2.24) is 5.43 Å². The lowest BCUT2D eigenvalue weighted by molar-refractivity contribution is -0.384. The molecular formula is C26H25BrN4O5. The average molecular weight is 553 g/mol. The Morgan fingerprint density at radius 3 is 2.44 bits per heavy atom. The van der Waals surface area contributed by atoms with Crippen LogP contribution in [0.5, 0.6) is 11.5 Å². The maximum atomic E-state index is 12.5. The van der Waals surface area contributed by atoms with Crippen molar-refractivity contribution >= 4 is 39.4 Å². The number of methoxy groups -OCH3 is 1. The maximum Gasteiger partial charge on any atom is 0.271 e. The highest BCUT2D eigenvalue weighted by Gasteiger charge is 2.14. The number of anilines is 1. The number of benzene rings is 3. The number of carbonyl (C=O) groups excluding carboxylic acids is 1. The van der Waals surface area contributed by atoms with Crippen molar-refractivity contribution in [1.29, 1.82) is 0 Å². The molecule has 1 aliphatic heterocycles. The number of non-ortho nitro benzene ring substituents is 1. The van der Waals surface area contributed by atoms with Gasteiger partial charge in [0.25, 0.3) is 11.6 Å². The Kier molecular flexibility index (Phi) is 8.17. The summed E-state index contributed by atoms with van der Waals surface area (Å²) in [4.78, 5) is 25.1. The van der Waals surface area contributed by atoms with Crippen molar-refractivity contribution in [2.24, 2.45) is 5.10 Å². The molecule has 0 radical (unpaired) electrons. The van der Waals surface area contributed by atoms with Gasteiger partial charge in [-0.3, -0.25) is 14.9 Å². The second kappa shape index (κ2) is 11.7. The molecule has 0 aromatic heterocycles. The number of ether oxygens (including phenoxy) is 2. The van der Waals surface area contributed by atoms with Crippen molar-refractivity contribution in [2.45, 2.75) is 19.4 Å².